The first-order valence-electron chi connectivity index (χ1n) is 9.22. The van der Waals surface area contributed by atoms with Crippen LogP contribution < -0.4 is 9.47 Å². The molecule has 0 aliphatic heterocycles. The Labute approximate surface area is 167 Å². The molecule has 0 fully saturated rings. The Morgan fingerprint density at radius 3 is 2.29 bits per heavy atom. The Morgan fingerprint density at radius 1 is 0.964 bits per heavy atom. The van der Waals surface area contributed by atoms with Crippen molar-refractivity contribution in [3.8, 4) is 11.5 Å². The lowest BCUT2D eigenvalue weighted by Gasteiger charge is -2.36. The van der Waals surface area contributed by atoms with E-state index in [-0.39, 0.29) is 16.4 Å². The Hall–Kier alpha value is -2.44. The van der Waals surface area contributed by atoms with Crippen LogP contribution in [0.5, 0.6) is 11.5 Å². The molecular weight excluding hydrogens is 372 g/mol. The molecule has 2 aromatic carbocycles. The van der Waals surface area contributed by atoms with Crippen molar-refractivity contribution in [2.75, 3.05) is 0 Å². The van der Waals surface area contributed by atoms with Crippen LogP contribution in [0, 0.1) is 0 Å². The molecule has 0 aliphatic rings. The van der Waals surface area contributed by atoms with Crippen LogP contribution in [0.1, 0.15) is 43.6 Å². The molecule has 0 unspecified atom stereocenters. The summed E-state index contributed by atoms with van der Waals surface area (Å²) >= 11 is 0. The van der Waals surface area contributed by atoms with Crippen molar-refractivity contribution < 1.29 is 23.5 Å². The van der Waals surface area contributed by atoms with E-state index in [1.807, 2.05) is 12.1 Å². The summed E-state index contributed by atoms with van der Waals surface area (Å²) in [6.45, 7) is 12.7. The number of benzene rings is 2. The van der Waals surface area contributed by atoms with Crippen molar-refractivity contribution >= 4 is 20.3 Å². The van der Waals surface area contributed by atoms with Crippen LogP contribution in [0.15, 0.2) is 48.5 Å². The van der Waals surface area contributed by atoms with Crippen molar-refractivity contribution in [1.82, 2.24) is 0 Å². The van der Waals surface area contributed by atoms with Gasteiger partial charge in [-0.3, -0.25) is 4.79 Å². The van der Waals surface area contributed by atoms with Gasteiger partial charge in [-0.2, -0.15) is 0 Å². The SMILES string of the molecule is CC(=O)Oc1ccccc1C(=O)Oc1cccc(CO[Si](C)(C)C(C)(C)C)c1. The maximum absolute atomic E-state index is 12.5. The quantitative estimate of drug-likeness (QED) is 0.371. The Morgan fingerprint density at radius 2 is 1.64 bits per heavy atom. The highest BCUT2D eigenvalue weighted by atomic mass is 28.4. The van der Waals surface area contributed by atoms with Crippen LogP contribution in [-0.2, 0) is 15.8 Å². The molecule has 0 amide bonds. The Kier molecular flexibility index (Phi) is 6.80. The van der Waals surface area contributed by atoms with E-state index in [0.29, 0.717) is 12.4 Å². The van der Waals surface area contributed by atoms with E-state index in [9.17, 15) is 9.59 Å². The number of esters is 2. The van der Waals surface area contributed by atoms with Gasteiger partial charge in [0.1, 0.15) is 17.1 Å². The zero-order chi connectivity index (χ0) is 20.9. The molecule has 5 nitrogen and oxygen atoms in total. The van der Waals surface area contributed by atoms with Gasteiger partial charge in [0.2, 0.25) is 0 Å². The molecule has 0 aromatic heterocycles. The second-order valence-corrected chi connectivity index (χ2v) is 13.0. The molecule has 2 aromatic rings. The van der Waals surface area contributed by atoms with Gasteiger partial charge >= 0.3 is 11.9 Å². The lowest BCUT2D eigenvalue weighted by Crippen LogP contribution is -2.40. The molecule has 0 heterocycles. The summed E-state index contributed by atoms with van der Waals surface area (Å²) in [4.78, 5) is 23.8. The van der Waals surface area contributed by atoms with Crippen molar-refractivity contribution in [3.63, 3.8) is 0 Å². The highest BCUT2D eigenvalue weighted by molar-refractivity contribution is 6.74. The van der Waals surface area contributed by atoms with Crippen LogP contribution in [0.3, 0.4) is 0 Å². The van der Waals surface area contributed by atoms with E-state index in [2.05, 4.69) is 33.9 Å². The maximum atomic E-state index is 12.5. The number of para-hydroxylation sites is 1. The molecule has 0 saturated heterocycles. The third-order valence-corrected chi connectivity index (χ3v) is 9.35. The topological polar surface area (TPSA) is 61.8 Å². The number of rotatable bonds is 6. The van der Waals surface area contributed by atoms with Gasteiger partial charge < -0.3 is 13.9 Å². The fraction of sp³-hybridized carbons (Fsp3) is 0.364. The predicted molar refractivity (Wildman–Crippen MR) is 111 cm³/mol. The molecule has 0 bridgehead atoms. The first kappa shape index (κ1) is 21.9. The summed E-state index contributed by atoms with van der Waals surface area (Å²) in [5.41, 5.74) is 1.13. The summed E-state index contributed by atoms with van der Waals surface area (Å²) < 4.78 is 16.8. The molecule has 150 valence electrons. The first-order chi connectivity index (χ1) is 13.0. The Balaban J connectivity index is 2.11. The molecule has 0 N–H and O–H groups in total. The van der Waals surface area contributed by atoms with Gasteiger partial charge in [-0.25, -0.2) is 4.79 Å². The summed E-state index contributed by atoms with van der Waals surface area (Å²) in [7, 11) is -1.87. The molecule has 2 rings (SSSR count). The van der Waals surface area contributed by atoms with Crippen LogP contribution in [0.4, 0.5) is 0 Å². The maximum Gasteiger partial charge on any atom is 0.347 e. The largest absolute Gasteiger partial charge is 0.426 e. The second-order valence-electron chi connectivity index (χ2n) is 8.18. The predicted octanol–water partition coefficient (Wildman–Crippen LogP) is 5.35. The number of carbonyl (C=O) groups is 2. The third kappa shape index (κ3) is 5.78. The molecule has 0 aliphatic carbocycles. The summed E-state index contributed by atoms with van der Waals surface area (Å²) in [6, 6.07) is 13.8. The number of hydrogen-bond acceptors (Lipinski definition) is 5. The van der Waals surface area contributed by atoms with E-state index in [4.69, 9.17) is 13.9 Å². The minimum Gasteiger partial charge on any atom is -0.426 e. The molecule has 28 heavy (non-hydrogen) atoms. The second kappa shape index (κ2) is 8.71. The molecule has 0 saturated carbocycles. The molecule has 0 atom stereocenters. The van der Waals surface area contributed by atoms with Crippen LogP contribution >= 0.6 is 0 Å². The van der Waals surface area contributed by atoms with E-state index in [1.54, 1.807) is 36.4 Å². The monoisotopic (exact) mass is 400 g/mol. The number of ether oxygens (including phenoxy) is 2. The number of hydrogen-bond donors (Lipinski definition) is 0. The van der Waals surface area contributed by atoms with Crippen molar-refractivity contribution in [3.05, 3.63) is 59.7 Å². The first-order valence-corrected chi connectivity index (χ1v) is 12.1. The van der Waals surface area contributed by atoms with E-state index in [0.717, 1.165) is 5.56 Å². The lowest BCUT2D eigenvalue weighted by molar-refractivity contribution is -0.131. The van der Waals surface area contributed by atoms with Crippen LogP contribution in [0.25, 0.3) is 0 Å². The number of carbonyl (C=O) groups excluding carboxylic acids is 2. The van der Waals surface area contributed by atoms with Crippen molar-refractivity contribution in [2.24, 2.45) is 0 Å². The minimum atomic E-state index is -1.87. The fourth-order valence-electron chi connectivity index (χ4n) is 2.22. The molecule has 6 heteroatoms. The van der Waals surface area contributed by atoms with Gasteiger partial charge in [0.05, 0.1) is 6.61 Å². The smallest absolute Gasteiger partial charge is 0.347 e. The lowest BCUT2D eigenvalue weighted by atomic mass is 10.2. The van der Waals surface area contributed by atoms with Gasteiger partial charge in [0.15, 0.2) is 8.32 Å². The zero-order valence-electron chi connectivity index (χ0n) is 17.4. The van der Waals surface area contributed by atoms with E-state index >= 15 is 0 Å². The molecular formula is C22H28O5Si. The van der Waals surface area contributed by atoms with E-state index < -0.39 is 20.3 Å². The minimum absolute atomic E-state index is 0.123. The summed E-state index contributed by atoms with van der Waals surface area (Å²) in [6.07, 6.45) is 0. The zero-order valence-corrected chi connectivity index (χ0v) is 18.4. The van der Waals surface area contributed by atoms with Gasteiger partial charge in [0.25, 0.3) is 0 Å². The van der Waals surface area contributed by atoms with Gasteiger partial charge in [-0.1, -0.05) is 45.0 Å². The molecule has 0 radical (unpaired) electrons. The summed E-state index contributed by atoms with van der Waals surface area (Å²) in [5.74, 6) is -0.485. The van der Waals surface area contributed by atoms with Crippen molar-refractivity contribution in [1.29, 1.82) is 0 Å². The van der Waals surface area contributed by atoms with Gasteiger partial charge in [0, 0.05) is 6.92 Å². The summed E-state index contributed by atoms with van der Waals surface area (Å²) in [5, 5.41) is 0.123. The van der Waals surface area contributed by atoms with Gasteiger partial charge in [-0.15, -0.1) is 0 Å². The average molecular weight is 401 g/mol. The fourth-order valence-corrected chi connectivity index (χ4v) is 3.18. The normalized spacial score (nSPS) is 11.8. The van der Waals surface area contributed by atoms with Crippen LogP contribution in [0.2, 0.25) is 18.1 Å². The standard InChI is InChI=1S/C22H28O5Si/c1-16(23)26-20-13-8-7-12-19(20)21(24)27-18-11-9-10-17(14-18)15-25-28(5,6)22(2,3)4/h7-14H,15H2,1-6H3. The molecule has 0 spiro atoms. The van der Waals surface area contributed by atoms with Crippen molar-refractivity contribution in [2.45, 2.75) is 52.4 Å². The third-order valence-electron chi connectivity index (χ3n) is 4.88. The van der Waals surface area contributed by atoms with E-state index in [1.165, 1.54) is 6.92 Å². The highest BCUT2D eigenvalue weighted by Gasteiger charge is 2.37. The highest BCUT2D eigenvalue weighted by Crippen LogP contribution is 2.37. The average Bonchev–Trinajstić information content (AvgIpc) is 2.59. The van der Waals surface area contributed by atoms with Crippen LogP contribution in [-0.4, -0.2) is 20.3 Å². The van der Waals surface area contributed by atoms with Gasteiger partial charge in [-0.05, 0) is 48.0 Å². The Bertz CT molecular complexity index is 852.